The first-order valence-electron chi connectivity index (χ1n) is 9.52. The minimum atomic E-state index is -0.223. The van der Waals surface area contributed by atoms with Crippen molar-refractivity contribution in [3.8, 4) is 22.5 Å². The van der Waals surface area contributed by atoms with Gasteiger partial charge >= 0.3 is 0 Å². The molecule has 1 N–H and O–H groups in total. The molecular weight excluding hydrogens is 337 g/mol. The summed E-state index contributed by atoms with van der Waals surface area (Å²) in [5, 5.41) is 0. The monoisotopic (exact) mass is 359 g/mol. The minimum Gasteiger partial charge on any atom is -0.360 e. The van der Waals surface area contributed by atoms with Gasteiger partial charge in [0, 0.05) is 35.6 Å². The zero-order valence-corrected chi connectivity index (χ0v) is 15.3. The fourth-order valence-electron chi connectivity index (χ4n) is 4.54. The van der Waals surface area contributed by atoms with E-state index in [9.17, 15) is 4.39 Å². The molecule has 1 fully saturated rings. The molecule has 0 amide bonds. The van der Waals surface area contributed by atoms with E-state index in [4.69, 9.17) is 0 Å². The lowest BCUT2D eigenvalue weighted by atomic mass is 9.91. The Kier molecular flexibility index (Phi) is 3.94. The topological polar surface area (TPSA) is 31.9 Å². The number of nitrogens with one attached hydrogen (secondary N) is 1. The van der Waals surface area contributed by atoms with Crippen molar-refractivity contribution in [3.63, 3.8) is 0 Å². The maximum absolute atomic E-state index is 13.4. The second-order valence-electron chi connectivity index (χ2n) is 7.53. The number of hydrogen-bond acceptors (Lipinski definition) is 2. The highest BCUT2D eigenvalue weighted by molar-refractivity contribution is 5.90. The number of hydrogen-bond donors (Lipinski definition) is 1. The molecule has 4 heteroatoms. The van der Waals surface area contributed by atoms with Crippen molar-refractivity contribution in [1.29, 1.82) is 0 Å². The quantitative estimate of drug-likeness (QED) is 0.703. The Bertz CT molecular complexity index is 988. The van der Waals surface area contributed by atoms with E-state index in [1.54, 1.807) is 0 Å². The number of benzene rings is 1. The molecule has 2 aromatic heterocycles. The molecule has 3 nitrogen and oxygen atoms in total. The van der Waals surface area contributed by atoms with Crippen molar-refractivity contribution in [2.75, 3.05) is 7.05 Å². The normalized spacial score (nSPS) is 22.1. The van der Waals surface area contributed by atoms with Gasteiger partial charge in [-0.3, -0.25) is 9.88 Å². The molecule has 2 unspecified atom stereocenters. The second-order valence-corrected chi connectivity index (χ2v) is 7.53. The summed E-state index contributed by atoms with van der Waals surface area (Å²) in [5.41, 5.74) is 6.64. The van der Waals surface area contributed by atoms with E-state index < -0.39 is 0 Å². The molecule has 2 aliphatic heterocycles. The highest BCUT2D eigenvalue weighted by Crippen LogP contribution is 2.43. The lowest BCUT2D eigenvalue weighted by Gasteiger charge is -2.30. The molecule has 2 bridgehead atoms. The van der Waals surface area contributed by atoms with E-state index in [0.717, 1.165) is 28.9 Å². The summed E-state index contributed by atoms with van der Waals surface area (Å²) < 4.78 is 13.4. The molecule has 136 valence electrons. The predicted molar refractivity (Wildman–Crippen MR) is 107 cm³/mol. The third-order valence-corrected chi connectivity index (χ3v) is 6.02. The minimum absolute atomic E-state index is 0.223. The third kappa shape index (κ3) is 2.81. The van der Waals surface area contributed by atoms with Crippen LogP contribution in [0.3, 0.4) is 0 Å². The van der Waals surface area contributed by atoms with Crippen LogP contribution in [0.2, 0.25) is 0 Å². The first kappa shape index (κ1) is 16.5. The number of rotatable bonds is 3. The third-order valence-electron chi connectivity index (χ3n) is 6.02. The van der Waals surface area contributed by atoms with Gasteiger partial charge < -0.3 is 4.98 Å². The van der Waals surface area contributed by atoms with Gasteiger partial charge in [0.15, 0.2) is 0 Å². The molecular formula is C23H22FN3. The average molecular weight is 359 g/mol. The molecule has 5 rings (SSSR count). The second kappa shape index (κ2) is 6.46. The van der Waals surface area contributed by atoms with Gasteiger partial charge in [-0.2, -0.15) is 0 Å². The average Bonchev–Trinajstić information content (AvgIpc) is 3.20. The van der Waals surface area contributed by atoms with Crippen LogP contribution >= 0.6 is 0 Å². The summed E-state index contributed by atoms with van der Waals surface area (Å²) in [4.78, 5) is 10.6. The Hall–Kier alpha value is -2.72. The molecule has 3 aromatic rings. The van der Waals surface area contributed by atoms with Crippen molar-refractivity contribution in [2.24, 2.45) is 0 Å². The molecule has 1 aromatic carbocycles. The van der Waals surface area contributed by atoms with Crippen molar-refractivity contribution in [3.05, 3.63) is 72.3 Å². The molecule has 0 aliphatic carbocycles. The number of likely N-dealkylation sites (N-methyl/N-ethyl adjacent to an activating group) is 1. The van der Waals surface area contributed by atoms with E-state index in [2.05, 4.69) is 34.2 Å². The number of halogens is 1. The summed E-state index contributed by atoms with van der Waals surface area (Å²) >= 11 is 0. The van der Waals surface area contributed by atoms with Gasteiger partial charge in [0.2, 0.25) is 0 Å². The van der Waals surface area contributed by atoms with Crippen LogP contribution in [0.25, 0.3) is 28.1 Å². The predicted octanol–water partition coefficient (Wildman–Crippen LogP) is 5.13. The molecule has 0 radical (unpaired) electrons. The highest BCUT2D eigenvalue weighted by Gasteiger charge is 2.35. The molecule has 2 aliphatic rings. The number of nitrogens with zero attached hydrogens (tertiary/aromatic N) is 2. The number of aromatic nitrogens is 2. The van der Waals surface area contributed by atoms with Crippen molar-refractivity contribution >= 4 is 5.57 Å². The number of H-pyrrole nitrogens is 1. The largest absolute Gasteiger partial charge is 0.360 e. The Labute approximate surface area is 158 Å². The van der Waals surface area contributed by atoms with Gasteiger partial charge in [0.1, 0.15) is 5.82 Å². The van der Waals surface area contributed by atoms with Crippen LogP contribution in [0.1, 0.15) is 24.8 Å². The SMILES string of the molecule is CN1C2C=C(c3c[nH]c(-c4ccc(F)cc4)c3-c3ccccn3)CC1CC2. The van der Waals surface area contributed by atoms with E-state index in [1.807, 2.05) is 36.5 Å². The molecule has 27 heavy (non-hydrogen) atoms. The van der Waals surface area contributed by atoms with Crippen LogP contribution in [0.4, 0.5) is 4.39 Å². The van der Waals surface area contributed by atoms with E-state index >= 15 is 0 Å². The van der Waals surface area contributed by atoms with E-state index in [0.29, 0.717) is 12.1 Å². The number of fused-ring (bicyclic) bond motifs is 2. The molecule has 0 saturated carbocycles. The number of pyridine rings is 1. The fourth-order valence-corrected chi connectivity index (χ4v) is 4.54. The zero-order valence-electron chi connectivity index (χ0n) is 15.3. The standard InChI is InChI=1S/C23H22FN3/c1-27-18-9-10-19(27)13-16(12-18)20-14-26-23(15-5-7-17(24)8-6-15)22(20)21-4-2-3-11-25-21/h2-8,11-12,14,18-19,26H,9-10,13H2,1H3. The van der Waals surface area contributed by atoms with E-state index in [1.165, 1.54) is 36.1 Å². The summed E-state index contributed by atoms with van der Waals surface area (Å²) in [6, 6.07) is 13.8. The number of aromatic amines is 1. The van der Waals surface area contributed by atoms with Crippen LogP contribution in [-0.2, 0) is 0 Å². The molecule has 0 spiro atoms. The van der Waals surface area contributed by atoms with Crippen LogP contribution in [-0.4, -0.2) is 34.0 Å². The summed E-state index contributed by atoms with van der Waals surface area (Å²) in [6.45, 7) is 0. The molecule has 4 heterocycles. The fraction of sp³-hybridized carbons (Fsp3) is 0.261. The van der Waals surface area contributed by atoms with Crippen molar-refractivity contribution in [1.82, 2.24) is 14.9 Å². The van der Waals surface area contributed by atoms with Gasteiger partial charge in [0.25, 0.3) is 0 Å². The summed E-state index contributed by atoms with van der Waals surface area (Å²) in [5.74, 6) is -0.223. The zero-order chi connectivity index (χ0) is 18.4. The van der Waals surface area contributed by atoms with Crippen LogP contribution < -0.4 is 0 Å². The maximum Gasteiger partial charge on any atom is 0.123 e. The molecule has 2 atom stereocenters. The first-order chi connectivity index (χ1) is 13.2. The van der Waals surface area contributed by atoms with Gasteiger partial charge in [-0.15, -0.1) is 0 Å². The summed E-state index contributed by atoms with van der Waals surface area (Å²) in [7, 11) is 2.23. The van der Waals surface area contributed by atoms with Gasteiger partial charge in [-0.1, -0.05) is 12.1 Å². The van der Waals surface area contributed by atoms with Gasteiger partial charge in [0.05, 0.1) is 11.4 Å². The van der Waals surface area contributed by atoms with Crippen LogP contribution in [0.15, 0.2) is 60.9 Å². The van der Waals surface area contributed by atoms with Crippen LogP contribution in [0.5, 0.6) is 0 Å². The highest BCUT2D eigenvalue weighted by atomic mass is 19.1. The van der Waals surface area contributed by atoms with Crippen molar-refractivity contribution in [2.45, 2.75) is 31.3 Å². The van der Waals surface area contributed by atoms with E-state index in [-0.39, 0.29) is 5.82 Å². The Morgan fingerprint density at radius 2 is 1.96 bits per heavy atom. The lowest BCUT2D eigenvalue weighted by molar-refractivity contribution is 0.264. The first-order valence-corrected chi connectivity index (χ1v) is 9.52. The molecule has 1 saturated heterocycles. The smallest absolute Gasteiger partial charge is 0.123 e. The Morgan fingerprint density at radius 1 is 1.11 bits per heavy atom. The van der Waals surface area contributed by atoms with Crippen molar-refractivity contribution < 1.29 is 4.39 Å². The Morgan fingerprint density at radius 3 is 2.70 bits per heavy atom. The lowest BCUT2D eigenvalue weighted by Crippen LogP contribution is -2.34. The van der Waals surface area contributed by atoms with Crippen LogP contribution in [0, 0.1) is 5.82 Å². The Balaban J connectivity index is 1.66. The van der Waals surface area contributed by atoms with Gasteiger partial charge in [-0.25, -0.2) is 4.39 Å². The summed E-state index contributed by atoms with van der Waals surface area (Å²) in [6.07, 6.45) is 9.90. The maximum atomic E-state index is 13.4. The van der Waals surface area contributed by atoms with Gasteiger partial charge in [-0.05, 0) is 73.8 Å².